The first-order valence-corrected chi connectivity index (χ1v) is 5.98. The molecule has 0 radical (unpaired) electrons. The lowest BCUT2D eigenvalue weighted by molar-refractivity contribution is -0.139. The number of amides is 1. The predicted molar refractivity (Wildman–Crippen MR) is 71.3 cm³/mol. The van der Waals surface area contributed by atoms with Crippen molar-refractivity contribution in [3.8, 4) is 5.75 Å². The Morgan fingerprint density at radius 2 is 2.20 bits per heavy atom. The van der Waals surface area contributed by atoms with Gasteiger partial charge in [-0.1, -0.05) is 12.2 Å². The van der Waals surface area contributed by atoms with Crippen LogP contribution in [0.1, 0.15) is 23.7 Å². The van der Waals surface area contributed by atoms with Gasteiger partial charge in [0.05, 0.1) is 12.7 Å². The molecule has 0 aliphatic heterocycles. The summed E-state index contributed by atoms with van der Waals surface area (Å²) in [4.78, 5) is 23.0. The maximum atomic E-state index is 13.2. The van der Waals surface area contributed by atoms with Gasteiger partial charge in [-0.25, -0.2) is 9.18 Å². The van der Waals surface area contributed by atoms with E-state index in [1.807, 2.05) is 0 Å². The van der Waals surface area contributed by atoms with Gasteiger partial charge < -0.3 is 15.2 Å². The molecule has 0 aromatic heterocycles. The lowest BCUT2D eigenvalue weighted by Gasteiger charge is -2.14. The number of halogens is 1. The summed E-state index contributed by atoms with van der Waals surface area (Å²) in [6.07, 6.45) is 3.46. The summed E-state index contributed by atoms with van der Waals surface area (Å²) in [5.41, 5.74) is -0.0424. The van der Waals surface area contributed by atoms with Gasteiger partial charge in [0.15, 0.2) is 0 Å². The Balaban J connectivity index is 2.93. The van der Waals surface area contributed by atoms with Gasteiger partial charge in [-0.2, -0.15) is 0 Å². The van der Waals surface area contributed by atoms with Crippen molar-refractivity contribution in [3.05, 3.63) is 41.7 Å². The summed E-state index contributed by atoms with van der Waals surface area (Å²) < 4.78 is 18.1. The molecule has 1 rings (SSSR count). The average molecular weight is 281 g/mol. The molecule has 1 aromatic carbocycles. The van der Waals surface area contributed by atoms with Crippen LogP contribution in [0.4, 0.5) is 4.39 Å². The number of carboxylic acids is 1. The minimum Gasteiger partial charge on any atom is -0.496 e. The highest BCUT2D eigenvalue weighted by Crippen LogP contribution is 2.19. The van der Waals surface area contributed by atoms with Crippen LogP contribution < -0.4 is 10.1 Å². The first kappa shape index (κ1) is 15.7. The van der Waals surface area contributed by atoms with Crippen LogP contribution in [0, 0.1) is 5.82 Å². The van der Waals surface area contributed by atoms with Crippen molar-refractivity contribution in [1.29, 1.82) is 0 Å². The maximum Gasteiger partial charge on any atom is 0.326 e. The first-order valence-electron chi connectivity index (χ1n) is 5.98. The van der Waals surface area contributed by atoms with Crippen molar-refractivity contribution in [2.24, 2.45) is 0 Å². The van der Waals surface area contributed by atoms with Crippen LogP contribution >= 0.6 is 0 Å². The van der Waals surface area contributed by atoms with E-state index in [-0.39, 0.29) is 17.7 Å². The second-order valence-electron chi connectivity index (χ2n) is 4.01. The minimum absolute atomic E-state index is 0.0424. The molecule has 0 saturated heterocycles. The fourth-order valence-electron chi connectivity index (χ4n) is 1.59. The number of methoxy groups -OCH3 is 1. The molecule has 5 nitrogen and oxygen atoms in total. The molecule has 0 aliphatic rings. The Labute approximate surface area is 116 Å². The van der Waals surface area contributed by atoms with Gasteiger partial charge >= 0.3 is 5.97 Å². The number of carbonyl (C=O) groups excluding carboxylic acids is 1. The van der Waals surface area contributed by atoms with Crippen LogP contribution in [0.5, 0.6) is 5.75 Å². The van der Waals surface area contributed by atoms with Crippen molar-refractivity contribution in [2.45, 2.75) is 19.4 Å². The number of aliphatic carboxylic acids is 1. The quantitative estimate of drug-likeness (QED) is 0.782. The molecular formula is C14H16FNO4. The maximum absolute atomic E-state index is 13.2. The number of carboxylic acid groups (broad SMARTS) is 1. The number of nitrogens with one attached hydrogen (secondary N) is 1. The van der Waals surface area contributed by atoms with Crippen LogP contribution in [0.3, 0.4) is 0 Å². The number of allylic oxidation sites excluding steroid dienone is 1. The Bertz CT molecular complexity index is 528. The van der Waals surface area contributed by atoms with E-state index in [2.05, 4.69) is 5.32 Å². The van der Waals surface area contributed by atoms with Crippen LogP contribution in [0.2, 0.25) is 0 Å². The standard InChI is InChI=1S/C14H16FNO4/c1-3-4-5-11(14(18)19)16-13(17)10-8-9(15)6-7-12(10)20-2/h3-4,6-8,11H,5H2,1-2H3,(H,16,17)(H,18,19)/b4-3+. The summed E-state index contributed by atoms with van der Waals surface area (Å²) in [5, 5.41) is 11.4. The van der Waals surface area contributed by atoms with E-state index in [0.29, 0.717) is 0 Å². The van der Waals surface area contributed by atoms with E-state index >= 15 is 0 Å². The third-order valence-corrected chi connectivity index (χ3v) is 2.62. The third-order valence-electron chi connectivity index (χ3n) is 2.62. The van der Waals surface area contributed by atoms with Gasteiger partial charge in [0, 0.05) is 0 Å². The van der Waals surface area contributed by atoms with Gasteiger partial charge in [-0.15, -0.1) is 0 Å². The van der Waals surface area contributed by atoms with Crippen LogP contribution in [0.25, 0.3) is 0 Å². The zero-order valence-electron chi connectivity index (χ0n) is 11.2. The van der Waals surface area contributed by atoms with Crippen LogP contribution in [0.15, 0.2) is 30.4 Å². The molecule has 2 N–H and O–H groups in total. The van der Waals surface area contributed by atoms with Crippen LogP contribution in [-0.2, 0) is 4.79 Å². The van der Waals surface area contributed by atoms with E-state index in [1.165, 1.54) is 13.2 Å². The highest BCUT2D eigenvalue weighted by Gasteiger charge is 2.21. The lowest BCUT2D eigenvalue weighted by atomic mass is 10.1. The fraction of sp³-hybridized carbons (Fsp3) is 0.286. The zero-order valence-corrected chi connectivity index (χ0v) is 11.2. The molecule has 0 bridgehead atoms. The number of hydrogen-bond donors (Lipinski definition) is 2. The van der Waals surface area contributed by atoms with Gasteiger partial charge in [-0.05, 0) is 31.5 Å². The number of hydrogen-bond acceptors (Lipinski definition) is 3. The normalized spacial score (nSPS) is 12.2. The van der Waals surface area contributed by atoms with Crippen molar-refractivity contribution in [2.75, 3.05) is 7.11 Å². The Morgan fingerprint density at radius 3 is 2.75 bits per heavy atom. The number of rotatable bonds is 6. The van der Waals surface area contributed by atoms with Crippen molar-refractivity contribution >= 4 is 11.9 Å². The fourth-order valence-corrected chi connectivity index (χ4v) is 1.59. The van der Waals surface area contributed by atoms with Crippen molar-refractivity contribution < 1.29 is 23.8 Å². The smallest absolute Gasteiger partial charge is 0.326 e. The molecular weight excluding hydrogens is 265 g/mol. The Morgan fingerprint density at radius 1 is 1.50 bits per heavy atom. The van der Waals surface area contributed by atoms with Gasteiger partial charge in [0.1, 0.15) is 17.6 Å². The molecule has 0 spiro atoms. The predicted octanol–water partition coefficient (Wildman–Crippen LogP) is 1.98. The van der Waals surface area contributed by atoms with Crippen LogP contribution in [-0.4, -0.2) is 30.1 Å². The van der Waals surface area contributed by atoms with E-state index in [0.717, 1.165) is 12.1 Å². The molecule has 1 unspecified atom stereocenters. The number of benzene rings is 1. The number of ether oxygens (including phenoxy) is 1. The highest BCUT2D eigenvalue weighted by atomic mass is 19.1. The summed E-state index contributed by atoms with van der Waals surface area (Å²) in [6, 6.07) is 2.39. The topological polar surface area (TPSA) is 75.6 Å². The summed E-state index contributed by atoms with van der Waals surface area (Å²) in [7, 11) is 1.35. The van der Waals surface area contributed by atoms with Crippen molar-refractivity contribution in [1.82, 2.24) is 5.32 Å². The SMILES string of the molecule is C/C=C/CC(NC(=O)c1cc(F)ccc1OC)C(=O)O. The molecule has 6 heteroatoms. The van der Waals surface area contributed by atoms with Crippen molar-refractivity contribution in [3.63, 3.8) is 0 Å². The second kappa shape index (κ2) is 7.28. The van der Waals surface area contributed by atoms with Gasteiger partial charge in [-0.3, -0.25) is 4.79 Å². The Kier molecular flexibility index (Phi) is 5.71. The first-order chi connectivity index (χ1) is 9.49. The zero-order chi connectivity index (χ0) is 15.1. The summed E-state index contributed by atoms with van der Waals surface area (Å²) >= 11 is 0. The number of carbonyl (C=O) groups is 2. The summed E-state index contributed by atoms with van der Waals surface area (Å²) in [5.74, 6) is -2.28. The van der Waals surface area contributed by atoms with E-state index in [9.17, 15) is 14.0 Å². The minimum atomic E-state index is -1.16. The Hall–Kier alpha value is -2.37. The molecule has 1 amide bonds. The monoisotopic (exact) mass is 281 g/mol. The third kappa shape index (κ3) is 4.08. The molecule has 0 aliphatic carbocycles. The molecule has 108 valence electrons. The highest BCUT2D eigenvalue weighted by molar-refractivity contribution is 5.99. The molecule has 1 aromatic rings. The summed E-state index contributed by atoms with van der Waals surface area (Å²) in [6.45, 7) is 1.75. The van der Waals surface area contributed by atoms with Gasteiger partial charge in [0.25, 0.3) is 5.91 Å². The second-order valence-corrected chi connectivity index (χ2v) is 4.01. The molecule has 0 saturated carbocycles. The largest absolute Gasteiger partial charge is 0.496 e. The lowest BCUT2D eigenvalue weighted by Crippen LogP contribution is -2.40. The average Bonchev–Trinajstić information content (AvgIpc) is 2.42. The van der Waals surface area contributed by atoms with E-state index in [4.69, 9.17) is 9.84 Å². The van der Waals surface area contributed by atoms with Gasteiger partial charge in [0.2, 0.25) is 0 Å². The molecule has 0 fully saturated rings. The molecule has 0 heterocycles. The molecule has 20 heavy (non-hydrogen) atoms. The van der Waals surface area contributed by atoms with E-state index in [1.54, 1.807) is 19.1 Å². The molecule has 1 atom stereocenters. The van der Waals surface area contributed by atoms with E-state index < -0.39 is 23.7 Å².